The molecular weight excluding hydrogens is 376 g/mol. The second-order valence-electron chi connectivity index (χ2n) is 6.92. The molecule has 0 saturated carbocycles. The second-order valence-corrected chi connectivity index (χ2v) is 6.92. The summed E-state index contributed by atoms with van der Waals surface area (Å²) in [5.41, 5.74) is 1.71. The molecule has 150 valence electrons. The van der Waals surface area contributed by atoms with Crippen LogP contribution in [0.2, 0.25) is 0 Å². The van der Waals surface area contributed by atoms with Gasteiger partial charge in [-0.15, -0.1) is 0 Å². The molecule has 10 nitrogen and oxygen atoms in total. The van der Waals surface area contributed by atoms with Crippen molar-refractivity contribution in [3.63, 3.8) is 0 Å². The number of carbonyl (C=O) groups excluding carboxylic acids is 1. The summed E-state index contributed by atoms with van der Waals surface area (Å²) < 4.78 is 6.57. The molecule has 1 aliphatic rings. The molecule has 0 N–H and O–H groups in total. The number of nitrogens with zero attached hydrogens (tertiary/aromatic N) is 6. The van der Waals surface area contributed by atoms with E-state index < -0.39 is 4.92 Å². The number of benzene rings is 1. The highest BCUT2D eigenvalue weighted by molar-refractivity contribution is 5.92. The fourth-order valence-electron chi connectivity index (χ4n) is 3.32. The Morgan fingerprint density at radius 3 is 2.69 bits per heavy atom. The van der Waals surface area contributed by atoms with Gasteiger partial charge in [0.1, 0.15) is 5.76 Å². The predicted octanol–water partition coefficient (Wildman–Crippen LogP) is 2.03. The van der Waals surface area contributed by atoms with Crippen LogP contribution in [0, 0.1) is 17.0 Å². The van der Waals surface area contributed by atoms with Gasteiger partial charge in [0, 0.05) is 57.1 Å². The second kappa shape index (κ2) is 7.84. The Balaban J connectivity index is 1.38. The van der Waals surface area contributed by atoms with Crippen molar-refractivity contribution in [1.29, 1.82) is 0 Å². The Morgan fingerprint density at radius 1 is 1.21 bits per heavy atom. The number of non-ortho nitro benzene ring substituents is 1. The normalized spacial score (nSPS) is 14.9. The van der Waals surface area contributed by atoms with Gasteiger partial charge in [-0.2, -0.15) is 5.10 Å². The number of carbonyl (C=O) groups is 1. The first-order chi connectivity index (χ1) is 14.0. The van der Waals surface area contributed by atoms with Crippen LogP contribution in [0.5, 0.6) is 0 Å². The fraction of sp³-hybridized carbons (Fsp3) is 0.316. The number of nitro benzene ring substituents is 1. The molecule has 2 aromatic heterocycles. The lowest BCUT2D eigenvalue weighted by Crippen LogP contribution is -2.48. The zero-order valence-corrected chi connectivity index (χ0v) is 15.9. The maximum absolute atomic E-state index is 12.8. The minimum absolute atomic E-state index is 0.0238. The van der Waals surface area contributed by atoms with Gasteiger partial charge in [-0.05, 0) is 19.1 Å². The van der Waals surface area contributed by atoms with Gasteiger partial charge in [-0.1, -0.05) is 11.2 Å². The molecule has 0 unspecified atom stereocenters. The molecule has 3 heterocycles. The third-order valence-corrected chi connectivity index (χ3v) is 4.84. The zero-order chi connectivity index (χ0) is 20.4. The monoisotopic (exact) mass is 396 g/mol. The van der Waals surface area contributed by atoms with Crippen LogP contribution in [0.3, 0.4) is 0 Å². The van der Waals surface area contributed by atoms with Crippen molar-refractivity contribution < 1.29 is 14.2 Å². The molecule has 0 bridgehead atoms. The minimum atomic E-state index is -0.459. The first kappa shape index (κ1) is 18.8. The van der Waals surface area contributed by atoms with E-state index >= 15 is 0 Å². The summed E-state index contributed by atoms with van der Waals surface area (Å²) in [6, 6.07) is 9.68. The Labute approximate surface area is 166 Å². The van der Waals surface area contributed by atoms with Crippen molar-refractivity contribution in [3.05, 3.63) is 69.9 Å². The van der Waals surface area contributed by atoms with E-state index in [1.807, 2.05) is 13.0 Å². The number of aryl methyl sites for hydroxylation is 1. The largest absolute Gasteiger partial charge is 0.361 e. The van der Waals surface area contributed by atoms with Crippen LogP contribution in [0.25, 0.3) is 5.69 Å². The number of hydrogen-bond donors (Lipinski definition) is 0. The summed E-state index contributed by atoms with van der Waals surface area (Å²) in [5, 5.41) is 19.3. The van der Waals surface area contributed by atoms with Crippen molar-refractivity contribution >= 4 is 11.6 Å². The molecule has 1 aromatic carbocycles. The average molecular weight is 396 g/mol. The van der Waals surface area contributed by atoms with Gasteiger partial charge in [-0.3, -0.25) is 19.8 Å². The van der Waals surface area contributed by atoms with Crippen LogP contribution in [0.1, 0.15) is 21.9 Å². The third kappa shape index (κ3) is 4.16. The predicted molar refractivity (Wildman–Crippen MR) is 103 cm³/mol. The highest BCUT2D eigenvalue weighted by Gasteiger charge is 2.24. The van der Waals surface area contributed by atoms with Gasteiger partial charge in [-0.25, -0.2) is 4.68 Å². The Morgan fingerprint density at radius 2 is 2.00 bits per heavy atom. The van der Waals surface area contributed by atoms with E-state index in [1.54, 1.807) is 29.3 Å². The van der Waals surface area contributed by atoms with E-state index in [-0.39, 0.29) is 11.6 Å². The number of nitro groups is 1. The fourth-order valence-corrected chi connectivity index (χ4v) is 3.32. The highest BCUT2D eigenvalue weighted by atomic mass is 16.6. The highest BCUT2D eigenvalue weighted by Crippen LogP contribution is 2.17. The van der Waals surface area contributed by atoms with Gasteiger partial charge in [0.15, 0.2) is 5.69 Å². The molecule has 0 atom stereocenters. The van der Waals surface area contributed by atoms with Crippen LogP contribution >= 0.6 is 0 Å². The molecule has 0 spiro atoms. The minimum Gasteiger partial charge on any atom is -0.361 e. The van der Waals surface area contributed by atoms with E-state index in [2.05, 4.69) is 15.2 Å². The first-order valence-corrected chi connectivity index (χ1v) is 9.24. The summed E-state index contributed by atoms with van der Waals surface area (Å²) in [7, 11) is 0. The van der Waals surface area contributed by atoms with Gasteiger partial charge < -0.3 is 9.42 Å². The third-order valence-electron chi connectivity index (χ3n) is 4.84. The summed E-state index contributed by atoms with van der Waals surface area (Å²) in [5.74, 6) is 0.638. The SMILES string of the molecule is Cc1cc(CN2CCN(C(=O)c3ccn(-c4cccc([N+](=O)[O-])c4)n3)CC2)no1. The first-order valence-electron chi connectivity index (χ1n) is 9.24. The van der Waals surface area contributed by atoms with Crippen molar-refractivity contribution in [2.75, 3.05) is 26.2 Å². The van der Waals surface area contributed by atoms with E-state index in [9.17, 15) is 14.9 Å². The topological polar surface area (TPSA) is 111 Å². The lowest BCUT2D eigenvalue weighted by Gasteiger charge is -2.33. The summed E-state index contributed by atoms with van der Waals surface area (Å²) in [6.07, 6.45) is 1.63. The molecule has 1 fully saturated rings. The van der Waals surface area contributed by atoms with E-state index in [4.69, 9.17) is 4.52 Å². The van der Waals surface area contributed by atoms with Crippen molar-refractivity contribution in [3.8, 4) is 5.69 Å². The summed E-state index contributed by atoms with van der Waals surface area (Å²) in [4.78, 5) is 27.3. The number of amides is 1. The van der Waals surface area contributed by atoms with Crippen molar-refractivity contribution in [2.24, 2.45) is 0 Å². The molecule has 1 aliphatic heterocycles. The Hall–Kier alpha value is -3.53. The lowest BCUT2D eigenvalue weighted by molar-refractivity contribution is -0.384. The van der Waals surface area contributed by atoms with Gasteiger partial charge in [0.05, 0.1) is 16.3 Å². The zero-order valence-electron chi connectivity index (χ0n) is 15.9. The average Bonchev–Trinajstić information content (AvgIpc) is 3.37. The lowest BCUT2D eigenvalue weighted by atomic mass is 10.2. The molecule has 1 amide bonds. The van der Waals surface area contributed by atoms with E-state index in [1.165, 1.54) is 16.8 Å². The molecular formula is C19H20N6O4. The van der Waals surface area contributed by atoms with Crippen LogP contribution in [-0.4, -0.2) is 61.7 Å². The number of piperazine rings is 1. The number of hydrogen-bond acceptors (Lipinski definition) is 7. The van der Waals surface area contributed by atoms with Crippen LogP contribution in [0.4, 0.5) is 5.69 Å². The van der Waals surface area contributed by atoms with Gasteiger partial charge >= 0.3 is 0 Å². The molecule has 0 aliphatic carbocycles. The van der Waals surface area contributed by atoms with Crippen molar-refractivity contribution in [1.82, 2.24) is 24.7 Å². The molecule has 3 aromatic rings. The smallest absolute Gasteiger partial charge is 0.274 e. The Bertz CT molecular complexity index is 1030. The van der Waals surface area contributed by atoms with E-state index in [0.717, 1.165) is 24.5 Å². The molecule has 29 heavy (non-hydrogen) atoms. The van der Waals surface area contributed by atoms with Crippen LogP contribution in [0.15, 0.2) is 47.1 Å². The van der Waals surface area contributed by atoms with Gasteiger partial charge in [0.25, 0.3) is 11.6 Å². The molecule has 0 radical (unpaired) electrons. The molecule has 1 saturated heterocycles. The summed E-state index contributed by atoms with van der Waals surface area (Å²) in [6.45, 7) is 5.23. The maximum atomic E-state index is 12.8. The maximum Gasteiger partial charge on any atom is 0.274 e. The van der Waals surface area contributed by atoms with Gasteiger partial charge in [0.2, 0.25) is 0 Å². The van der Waals surface area contributed by atoms with E-state index in [0.29, 0.717) is 31.0 Å². The number of rotatable bonds is 5. The molecule has 4 rings (SSSR count). The standard InChI is InChI=1S/C19H20N6O4/c1-14-11-15(21-29-14)13-22-7-9-23(10-8-22)19(26)18-5-6-24(20-18)16-3-2-4-17(12-16)25(27)28/h2-6,11-12H,7-10,13H2,1H3. The van der Waals surface area contributed by atoms with Crippen molar-refractivity contribution in [2.45, 2.75) is 13.5 Å². The quantitative estimate of drug-likeness (QED) is 0.479. The molecule has 10 heteroatoms. The summed E-state index contributed by atoms with van der Waals surface area (Å²) >= 11 is 0. The van der Waals surface area contributed by atoms with Crippen LogP contribution in [-0.2, 0) is 6.54 Å². The Kier molecular flexibility index (Phi) is 5.09. The number of aromatic nitrogens is 3. The van der Waals surface area contributed by atoms with Crippen LogP contribution < -0.4 is 0 Å².